The predicted octanol–water partition coefficient (Wildman–Crippen LogP) is 1.11. The molecule has 2 heterocycles. The molecule has 1 saturated heterocycles. The Labute approximate surface area is 157 Å². The molecule has 1 aromatic carbocycles. The summed E-state index contributed by atoms with van der Waals surface area (Å²) >= 11 is 6.03. The molecule has 0 spiro atoms. The highest BCUT2D eigenvalue weighted by Crippen LogP contribution is 2.25. The van der Waals surface area contributed by atoms with Gasteiger partial charge in [-0.1, -0.05) is 28.9 Å². The zero-order chi connectivity index (χ0) is 17.2. The van der Waals surface area contributed by atoms with Crippen molar-refractivity contribution in [2.75, 3.05) is 26.2 Å². The van der Waals surface area contributed by atoms with Crippen LogP contribution < -0.4 is 5.73 Å². The molecule has 0 bridgehead atoms. The average molecular weight is 408 g/mol. The third-order valence-corrected chi connectivity index (χ3v) is 6.23. The van der Waals surface area contributed by atoms with Crippen molar-refractivity contribution < 1.29 is 12.9 Å². The van der Waals surface area contributed by atoms with Crippen LogP contribution in [0.2, 0.25) is 5.02 Å². The van der Waals surface area contributed by atoms with Crippen LogP contribution in [0.5, 0.6) is 0 Å². The summed E-state index contributed by atoms with van der Waals surface area (Å²) in [6.45, 7) is 2.64. The van der Waals surface area contributed by atoms with Gasteiger partial charge in [0.25, 0.3) is 0 Å². The Bertz CT molecular complexity index is 806. The second-order valence-corrected chi connectivity index (χ2v) is 7.73. The predicted molar refractivity (Wildman–Crippen MR) is 94.9 cm³/mol. The lowest BCUT2D eigenvalue weighted by molar-refractivity contribution is 0.176. The molecule has 0 atom stereocenters. The van der Waals surface area contributed by atoms with Crippen molar-refractivity contribution in [2.45, 2.75) is 18.0 Å². The molecule has 11 heteroatoms. The van der Waals surface area contributed by atoms with E-state index in [-0.39, 0.29) is 28.9 Å². The maximum atomic E-state index is 12.7. The van der Waals surface area contributed by atoms with E-state index in [4.69, 9.17) is 21.9 Å². The van der Waals surface area contributed by atoms with Gasteiger partial charge in [0.2, 0.25) is 15.9 Å². The molecule has 3 rings (SSSR count). The summed E-state index contributed by atoms with van der Waals surface area (Å²) in [5.41, 5.74) is 5.44. The van der Waals surface area contributed by atoms with Crippen LogP contribution in [0.4, 0.5) is 0 Å². The number of hydrogen-bond donors (Lipinski definition) is 1. The molecule has 138 valence electrons. The SMILES string of the molecule is Cl.NCc1nc(CN2CCN(S(=O)(=O)c3ccccc3Cl)CC2)no1. The fourth-order valence-electron chi connectivity index (χ4n) is 2.56. The first kappa shape index (κ1) is 20.1. The number of nitrogens with two attached hydrogens (primary N) is 1. The molecule has 2 N–H and O–H groups in total. The molecule has 0 saturated carbocycles. The fraction of sp³-hybridized carbons (Fsp3) is 0.429. The van der Waals surface area contributed by atoms with Crippen molar-refractivity contribution in [3.05, 3.63) is 41.0 Å². The van der Waals surface area contributed by atoms with Gasteiger partial charge in [-0.25, -0.2) is 8.42 Å². The van der Waals surface area contributed by atoms with Crippen LogP contribution in [0.1, 0.15) is 11.7 Å². The third kappa shape index (κ3) is 4.49. The van der Waals surface area contributed by atoms with Gasteiger partial charge in [0.1, 0.15) is 4.90 Å². The summed E-state index contributed by atoms with van der Waals surface area (Å²) < 4.78 is 31.8. The topological polar surface area (TPSA) is 106 Å². The Hall–Kier alpha value is -1.23. The third-order valence-electron chi connectivity index (χ3n) is 3.84. The highest BCUT2D eigenvalue weighted by molar-refractivity contribution is 7.89. The number of benzene rings is 1. The van der Waals surface area contributed by atoms with Crippen molar-refractivity contribution in [1.29, 1.82) is 0 Å². The van der Waals surface area contributed by atoms with E-state index in [0.29, 0.717) is 44.4 Å². The average Bonchev–Trinajstić information content (AvgIpc) is 3.03. The lowest BCUT2D eigenvalue weighted by atomic mass is 10.3. The fourth-order valence-corrected chi connectivity index (χ4v) is 4.47. The molecular formula is C14H19Cl2N5O3S. The van der Waals surface area contributed by atoms with Gasteiger partial charge in [0.05, 0.1) is 18.1 Å². The van der Waals surface area contributed by atoms with Gasteiger partial charge in [-0.05, 0) is 12.1 Å². The van der Waals surface area contributed by atoms with Crippen LogP contribution in [0, 0.1) is 0 Å². The van der Waals surface area contributed by atoms with Crippen molar-refractivity contribution in [3.63, 3.8) is 0 Å². The van der Waals surface area contributed by atoms with Gasteiger partial charge in [-0.3, -0.25) is 4.90 Å². The maximum absolute atomic E-state index is 12.7. The first-order valence-corrected chi connectivity index (χ1v) is 9.31. The summed E-state index contributed by atoms with van der Waals surface area (Å²) in [6.07, 6.45) is 0. The van der Waals surface area contributed by atoms with Crippen LogP contribution in [0.3, 0.4) is 0 Å². The van der Waals surface area contributed by atoms with Crippen molar-refractivity contribution in [2.24, 2.45) is 5.73 Å². The zero-order valence-corrected chi connectivity index (χ0v) is 15.7. The van der Waals surface area contributed by atoms with E-state index in [9.17, 15) is 8.42 Å². The van der Waals surface area contributed by atoms with Crippen molar-refractivity contribution in [3.8, 4) is 0 Å². The Morgan fingerprint density at radius 2 is 1.88 bits per heavy atom. The van der Waals surface area contributed by atoms with Gasteiger partial charge < -0.3 is 10.3 Å². The highest BCUT2D eigenvalue weighted by Gasteiger charge is 2.30. The quantitative estimate of drug-likeness (QED) is 0.790. The van der Waals surface area contributed by atoms with Crippen LogP contribution >= 0.6 is 24.0 Å². The lowest BCUT2D eigenvalue weighted by Crippen LogP contribution is -2.48. The van der Waals surface area contributed by atoms with E-state index in [0.717, 1.165) is 0 Å². The normalized spacial score (nSPS) is 16.6. The monoisotopic (exact) mass is 407 g/mol. The number of piperazine rings is 1. The number of rotatable bonds is 5. The van der Waals surface area contributed by atoms with E-state index in [1.807, 2.05) is 0 Å². The van der Waals surface area contributed by atoms with Crippen LogP contribution in [0.25, 0.3) is 0 Å². The minimum absolute atomic E-state index is 0. The summed E-state index contributed by atoms with van der Waals surface area (Å²) in [5.74, 6) is 0.947. The van der Waals surface area contributed by atoms with Crippen LogP contribution in [-0.2, 0) is 23.1 Å². The maximum Gasteiger partial charge on any atom is 0.244 e. The Balaban J connectivity index is 0.00000225. The van der Waals surface area contributed by atoms with E-state index in [1.165, 1.54) is 10.4 Å². The first-order valence-electron chi connectivity index (χ1n) is 7.49. The van der Waals surface area contributed by atoms with E-state index in [2.05, 4.69) is 15.0 Å². The van der Waals surface area contributed by atoms with Crippen molar-refractivity contribution >= 4 is 34.0 Å². The molecule has 1 aromatic heterocycles. The molecule has 1 aliphatic rings. The highest BCUT2D eigenvalue weighted by atomic mass is 35.5. The summed E-state index contributed by atoms with van der Waals surface area (Å²) in [5, 5.41) is 4.09. The Morgan fingerprint density at radius 1 is 1.20 bits per heavy atom. The number of halogens is 2. The summed E-state index contributed by atoms with van der Waals surface area (Å²) in [6, 6.07) is 6.48. The summed E-state index contributed by atoms with van der Waals surface area (Å²) in [4.78, 5) is 6.37. The molecule has 2 aromatic rings. The Kier molecular flexibility index (Phi) is 6.78. The minimum atomic E-state index is -3.58. The standard InChI is InChI=1S/C14H18ClN5O3S.ClH/c15-11-3-1-2-4-12(11)24(21,22)20-7-5-19(6-8-20)10-13-17-14(9-16)23-18-13;/h1-4H,5-10,16H2;1H. The first-order chi connectivity index (χ1) is 11.5. The summed E-state index contributed by atoms with van der Waals surface area (Å²) in [7, 11) is -3.58. The van der Waals surface area contributed by atoms with E-state index < -0.39 is 10.0 Å². The van der Waals surface area contributed by atoms with Gasteiger partial charge in [0, 0.05) is 26.2 Å². The molecule has 8 nitrogen and oxygen atoms in total. The molecular weight excluding hydrogens is 389 g/mol. The molecule has 0 radical (unpaired) electrons. The Morgan fingerprint density at radius 3 is 2.48 bits per heavy atom. The van der Waals surface area contributed by atoms with E-state index in [1.54, 1.807) is 18.2 Å². The number of hydrogen-bond acceptors (Lipinski definition) is 7. The van der Waals surface area contributed by atoms with Gasteiger partial charge >= 0.3 is 0 Å². The minimum Gasteiger partial charge on any atom is -0.338 e. The molecule has 0 amide bonds. The zero-order valence-electron chi connectivity index (χ0n) is 13.3. The van der Waals surface area contributed by atoms with Crippen molar-refractivity contribution in [1.82, 2.24) is 19.3 Å². The van der Waals surface area contributed by atoms with Crippen LogP contribution in [0.15, 0.2) is 33.7 Å². The smallest absolute Gasteiger partial charge is 0.244 e. The second kappa shape index (κ2) is 8.43. The van der Waals surface area contributed by atoms with Gasteiger partial charge in [-0.15, -0.1) is 12.4 Å². The number of nitrogens with zero attached hydrogens (tertiary/aromatic N) is 4. The van der Waals surface area contributed by atoms with Gasteiger partial charge in [-0.2, -0.15) is 9.29 Å². The number of sulfonamides is 1. The molecule has 25 heavy (non-hydrogen) atoms. The molecule has 0 unspecified atom stereocenters. The largest absolute Gasteiger partial charge is 0.338 e. The van der Waals surface area contributed by atoms with Gasteiger partial charge in [0.15, 0.2) is 5.82 Å². The molecule has 1 aliphatic heterocycles. The van der Waals surface area contributed by atoms with E-state index >= 15 is 0 Å². The molecule has 1 fully saturated rings. The van der Waals surface area contributed by atoms with Crippen LogP contribution in [-0.4, -0.2) is 53.9 Å². The second-order valence-electron chi connectivity index (χ2n) is 5.42. The number of aromatic nitrogens is 2. The molecule has 0 aliphatic carbocycles. The lowest BCUT2D eigenvalue weighted by Gasteiger charge is -2.33.